The number of rotatable bonds is 5. The molecule has 4 rings (SSSR count). The molecule has 2 aromatic rings. The van der Waals surface area contributed by atoms with Gasteiger partial charge >= 0.3 is 0 Å². The van der Waals surface area contributed by atoms with Crippen LogP contribution in [0.5, 0.6) is 11.5 Å². The number of halogens is 1. The van der Waals surface area contributed by atoms with Crippen LogP contribution in [-0.4, -0.2) is 29.9 Å². The summed E-state index contributed by atoms with van der Waals surface area (Å²) in [6, 6.07) is 11.8. The molecule has 0 saturated heterocycles. The lowest BCUT2D eigenvalue weighted by Gasteiger charge is -2.30. The van der Waals surface area contributed by atoms with Crippen molar-refractivity contribution in [3.05, 3.63) is 52.5 Å². The number of ether oxygens (including phenoxy) is 2. The van der Waals surface area contributed by atoms with Crippen LogP contribution in [0.15, 0.2) is 41.3 Å². The standard InChI is InChI=1S/C21H22ClNO3S/c1-27-16-7-8-18(22)17(11-16)21(24)23(15-4-2-3-5-15)12-14-6-9-19-20(10-14)26-13-25-19/h6-11,15H,2-5,12-13H2,1H3. The van der Waals surface area contributed by atoms with Crippen molar-refractivity contribution in [1.29, 1.82) is 0 Å². The molecule has 1 aliphatic heterocycles. The molecule has 0 N–H and O–H groups in total. The second-order valence-electron chi connectivity index (χ2n) is 6.90. The molecule has 1 fully saturated rings. The third-order valence-electron chi connectivity index (χ3n) is 5.22. The van der Waals surface area contributed by atoms with Crippen LogP contribution in [0.3, 0.4) is 0 Å². The fourth-order valence-electron chi connectivity index (χ4n) is 3.77. The van der Waals surface area contributed by atoms with Gasteiger partial charge in [-0.25, -0.2) is 0 Å². The van der Waals surface area contributed by atoms with Gasteiger partial charge in [0.25, 0.3) is 5.91 Å². The molecule has 1 heterocycles. The van der Waals surface area contributed by atoms with Crippen molar-refractivity contribution in [2.45, 2.75) is 43.2 Å². The van der Waals surface area contributed by atoms with E-state index < -0.39 is 0 Å². The smallest absolute Gasteiger partial charge is 0.255 e. The highest BCUT2D eigenvalue weighted by molar-refractivity contribution is 7.98. The molecule has 1 saturated carbocycles. The van der Waals surface area contributed by atoms with Crippen LogP contribution in [0.4, 0.5) is 0 Å². The minimum atomic E-state index is 0.000432. The molecule has 4 nitrogen and oxygen atoms in total. The Kier molecular flexibility index (Phi) is 5.50. The Bertz CT molecular complexity index is 851. The van der Waals surface area contributed by atoms with Crippen LogP contribution in [0, 0.1) is 0 Å². The molecule has 142 valence electrons. The Labute approximate surface area is 168 Å². The van der Waals surface area contributed by atoms with Crippen LogP contribution in [0.1, 0.15) is 41.6 Å². The number of thioether (sulfide) groups is 1. The van der Waals surface area contributed by atoms with Gasteiger partial charge in [-0.2, -0.15) is 0 Å². The summed E-state index contributed by atoms with van der Waals surface area (Å²) in [4.78, 5) is 16.5. The van der Waals surface area contributed by atoms with E-state index in [2.05, 4.69) is 0 Å². The van der Waals surface area contributed by atoms with Crippen LogP contribution in [0.2, 0.25) is 5.02 Å². The van der Waals surface area contributed by atoms with E-state index in [4.69, 9.17) is 21.1 Å². The van der Waals surface area contributed by atoms with Gasteiger partial charge < -0.3 is 14.4 Å². The summed E-state index contributed by atoms with van der Waals surface area (Å²) >= 11 is 8.00. The van der Waals surface area contributed by atoms with Gasteiger partial charge in [-0.15, -0.1) is 11.8 Å². The first-order valence-electron chi connectivity index (χ1n) is 9.19. The maximum absolute atomic E-state index is 13.4. The predicted molar refractivity (Wildman–Crippen MR) is 108 cm³/mol. The SMILES string of the molecule is CSc1ccc(Cl)c(C(=O)N(Cc2ccc3c(c2)OCO3)C2CCCC2)c1. The zero-order chi connectivity index (χ0) is 18.8. The highest BCUT2D eigenvalue weighted by Gasteiger charge is 2.29. The van der Waals surface area contributed by atoms with Gasteiger partial charge in [-0.05, 0) is 55.0 Å². The van der Waals surface area contributed by atoms with E-state index in [1.807, 2.05) is 47.6 Å². The first kappa shape index (κ1) is 18.5. The third kappa shape index (κ3) is 3.90. The van der Waals surface area contributed by atoms with Crippen molar-refractivity contribution in [2.24, 2.45) is 0 Å². The molecule has 2 aromatic carbocycles. The summed E-state index contributed by atoms with van der Waals surface area (Å²) in [7, 11) is 0. The van der Waals surface area contributed by atoms with E-state index in [1.54, 1.807) is 11.8 Å². The van der Waals surface area contributed by atoms with Gasteiger partial charge in [0.2, 0.25) is 6.79 Å². The van der Waals surface area contributed by atoms with E-state index in [0.717, 1.165) is 47.6 Å². The second kappa shape index (κ2) is 8.03. The number of carbonyl (C=O) groups is 1. The van der Waals surface area contributed by atoms with Gasteiger partial charge in [-0.1, -0.05) is 30.5 Å². The summed E-state index contributed by atoms with van der Waals surface area (Å²) in [5, 5.41) is 0.506. The van der Waals surface area contributed by atoms with Gasteiger partial charge in [0, 0.05) is 17.5 Å². The number of amides is 1. The van der Waals surface area contributed by atoms with Gasteiger partial charge in [0.1, 0.15) is 0 Å². The number of nitrogens with zero attached hydrogens (tertiary/aromatic N) is 1. The quantitative estimate of drug-likeness (QED) is 0.628. The zero-order valence-electron chi connectivity index (χ0n) is 15.2. The molecular weight excluding hydrogens is 382 g/mol. The minimum absolute atomic E-state index is 0.000432. The molecule has 1 aliphatic carbocycles. The minimum Gasteiger partial charge on any atom is -0.454 e. The highest BCUT2D eigenvalue weighted by Crippen LogP contribution is 2.34. The lowest BCUT2D eigenvalue weighted by atomic mass is 10.1. The largest absolute Gasteiger partial charge is 0.454 e. The monoisotopic (exact) mass is 403 g/mol. The van der Waals surface area contributed by atoms with Crippen LogP contribution in [-0.2, 0) is 6.54 Å². The summed E-state index contributed by atoms with van der Waals surface area (Å²) in [5.41, 5.74) is 1.62. The Balaban J connectivity index is 1.64. The fraction of sp³-hybridized carbons (Fsp3) is 0.381. The molecule has 0 radical (unpaired) electrons. The summed E-state index contributed by atoms with van der Waals surface area (Å²) in [5.74, 6) is 1.50. The molecule has 2 aliphatic rings. The third-order valence-corrected chi connectivity index (χ3v) is 6.28. The molecule has 0 spiro atoms. The average Bonchev–Trinajstić information content (AvgIpc) is 3.37. The van der Waals surface area contributed by atoms with E-state index in [1.165, 1.54) is 0 Å². The van der Waals surface area contributed by atoms with Crippen molar-refractivity contribution in [3.63, 3.8) is 0 Å². The molecular formula is C21H22ClNO3S. The van der Waals surface area contributed by atoms with Crippen LogP contribution >= 0.6 is 23.4 Å². The van der Waals surface area contributed by atoms with Gasteiger partial charge in [-0.3, -0.25) is 4.79 Å². The number of hydrogen-bond donors (Lipinski definition) is 0. The van der Waals surface area contributed by atoms with E-state index >= 15 is 0 Å². The maximum Gasteiger partial charge on any atom is 0.255 e. The number of carbonyl (C=O) groups excluding carboxylic acids is 1. The normalized spacial score (nSPS) is 15.9. The molecule has 0 aromatic heterocycles. The second-order valence-corrected chi connectivity index (χ2v) is 8.19. The van der Waals surface area contributed by atoms with Crippen molar-refractivity contribution in [3.8, 4) is 11.5 Å². The van der Waals surface area contributed by atoms with E-state index in [-0.39, 0.29) is 18.7 Å². The number of fused-ring (bicyclic) bond motifs is 1. The van der Waals surface area contributed by atoms with Crippen molar-refractivity contribution >= 4 is 29.3 Å². The fourth-order valence-corrected chi connectivity index (χ4v) is 4.41. The lowest BCUT2D eigenvalue weighted by molar-refractivity contribution is 0.0664. The number of hydrogen-bond acceptors (Lipinski definition) is 4. The van der Waals surface area contributed by atoms with Crippen LogP contribution in [0.25, 0.3) is 0 Å². The van der Waals surface area contributed by atoms with E-state index in [0.29, 0.717) is 17.1 Å². The van der Waals surface area contributed by atoms with E-state index in [9.17, 15) is 4.79 Å². The number of benzene rings is 2. The summed E-state index contributed by atoms with van der Waals surface area (Å²) in [6.07, 6.45) is 6.40. The molecule has 0 atom stereocenters. The predicted octanol–water partition coefficient (Wildman–Crippen LogP) is 5.38. The van der Waals surface area contributed by atoms with Crippen molar-refractivity contribution in [1.82, 2.24) is 4.90 Å². The molecule has 1 amide bonds. The Morgan fingerprint density at radius 3 is 2.70 bits per heavy atom. The molecule has 27 heavy (non-hydrogen) atoms. The zero-order valence-corrected chi connectivity index (χ0v) is 16.8. The Morgan fingerprint density at radius 1 is 1.15 bits per heavy atom. The maximum atomic E-state index is 13.4. The first-order chi connectivity index (χ1) is 13.2. The average molecular weight is 404 g/mol. The van der Waals surface area contributed by atoms with Crippen LogP contribution < -0.4 is 9.47 Å². The molecule has 6 heteroatoms. The van der Waals surface area contributed by atoms with Crippen molar-refractivity contribution in [2.75, 3.05) is 13.0 Å². The first-order valence-corrected chi connectivity index (χ1v) is 10.8. The Hall–Kier alpha value is -1.85. The molecule has 0 bridgehead atoms. The van der Waals surface area contributed by atoms with Gasteiger partial charge in [0.15, 0.2) is 11.5 Å². The molecule has 0 unspecified atom stereocenters. The summed E-state index contributed by atoms with van der Waals surface area (Å²) in [6.45, 7) is 0.793. The van der Waals surface area contributed by atoms with Crippen molar-refractivity contribution < 1.29 is 14.3 Å². The lowest BCUT2D eigenvalue weighted by Crippen LogP contribution is -2.38. The Morgan fingerprint density at radius 2 is 1.93 bits per heavy atom. The van der Waals surface area contributed by atoms with Gasteiger partial charge in [0.05, 0.1) is 10.6 Å². The summed E-state index contributed by atoms with van der Waals surface area (Å²) < 4.78 is 10.9. The topological polar surface area (TPSA) is 38.8 Å². The highest BCUT2D eigenvalue weighted by atomic mass is 35.5.